The lowest BCUT2D eigenvalue weighted by atomic mass is 10.1. The highest BCUT2D eigenvalue weighted by Crippen LogP contribution is 2.30. The third-order valence-electron chi connectivity index (χ3n) is 5.12. The zero-order chi connectivity index (χ0) is 21.4. The molecule has 0 saturated carbocycles. The van der Waals surface area contributed by atoms with E-state index in [4.69, 9.17) is 4.98 Å². The third-order valence-corrected chi connectivity index (χ3v) is 7.17. The number of hydrogen-bond acceptors (Lipinski definition) is 5. The zero-order valence-electron chi connectivity index (χ0n) is 17.4. The first-order chi connectivity index (χ1) is 14.4. The van der Waals surface area contributed by atoms with Crippen molar-refractivity contribution in [3.8, 4) is 0 Å². The van der Waals surface area contributed by atoms with Gasteiger partial charge in [0, 0.05) is 22.0 Å². The summed E-state index contributed by atoms with van der Waals surface area (Å²) in [6.07, 6.45) is 0. The van der Waals surface area contributed by atoms with Crippen LogP contribution in [0.4, 0.5) is 5.69 Å². The van der Waals surface area contributed by atoms with Crippen molar-refractivity contribution >= 4 is 55.7 Å². The van der Waals surface area contributed by atoms with Gasteiger partial charge in [-0.2, -0.15) is 0 Å². The third kappa shape index (κ3) is 3.75. The standard InChI is InChI=1S/C23H23N3O2S2/c1-13(2)26-22(28)20-14(3)15(4)30-21(20)25-23(26)29-12-19(27)24-18-11-7-9-16-8-5-6-10-17(16)18/h5-11,13H,12H2,1-4H3,(H,24,27). The highest BCUT2D eigenvalue weighted by Gasteiger charge is 2.19. The molecule has 0 aliphatic carbocycles. The molecule has 0 unspecified atom stereocenters. The van der Waals surface area contributed by atoms with E-state index in [1.807, 2.05) is 70.2 Å². The van der Waals surface area contributed by atoms with E-state index < -0.39 is 0 Å². The van der Waals surface area contributed by atoms with Gasteiger partial charge in [-0.25, -0.2) is 4.98 Å². The number of aromatic nitrogens is 2. The summed E-state index contributed by atoms with van der Waals surface area (Å²) in [7, 11) is 0. The molecule has 1 N–H and O–H groups in total. The molecule has 0 radical (unpaired) electrons. The van der Waals surface area contributed by atoms with Gasteiger partial charge in [0.1, 0.15) is 4.83 Å². The summed E-state index contributed by atoms with van der Waals surface area (Å²) in [4.78, 5) is 32.4. The van der Waals surface area contributed by atoms with Crippen LogP contribution in [0, 0.1) is 13.8 Å². The average molecular weight is 438 g/mol. The van der Waals surface area contributed by atoms with Gasteiger partial charge < -0.3 is 5.32 Å². The minimum atomic E-state index is -0.125. The maximum Gasteiger partial charge on any atom is 0.263 e. The lowest BCUT2D eigenvalue weighted by molar-refractivity contribution is -0.113. The van der Waals surface area contributed by atoms with Crippen molar-refractivity contribution in [1.29, 1.82) is 0 Å². The Kier molecular flexibility index (Phi) is 5.66. The lowest BCUT2D eigenvalue weighted by Gasteiger charge is -2.15. The average Bonchev–Trinajstić information content (AvgIpc) is 3.00. The van der Waals surface area contributed by atoms with E-state index in [0.29, 0.717) is 10.5 Å². The first kappa shape index (κ1) is 20.6. The van der Waals surface area contributed by atoms with Crippen LogP contribution in [0.25, 0.3) is 21.0 Å². The molecule has 0 spiro atoms. The van der Waals surface area contributed by atoms with Gasteiger partial charge in [0.05, 0.1) is 11.1 Å². The molecule has 2 aromatic carbocycles. The topological polar surface area (TPSA) is 64.0 Å². The number of carbonyl (C=O) groups is 1. The summed E-state index contributed by atoms with van der Waals surface area (Å²) >= 11 is 2.83. The summed E-state index contributed by atoms with van der Waals surface area (Å²) in [5, 5.41) is 6.34. The number of nitrogens with one attached hydrogen (secondary N) is 1. The molecular formula is C23H23N3O2S2. The molecule has 4 aromatic rings. The van der Waals surface area contributed by atoms with Crippen LogP contribution >= 0.6 is 23.1 Å². The minimum Gasteiger partial charge on any atom is -0.325 e. The zero-order valence-corrected chi connectivity index (χ0v) is 19.0. The Morgan fingerprint density at radius 3 is 2.67 bits per heavy atom. The van der Waals surface area contributed by atoms with Gasteiger partial charge in [-0.05, 0) is 44.7 Å². The Bertz CT molecular complexity index is 1320. The van der Waals surface area contributed by atoms with Crippen LogP contribution in [-0.4, -0.2) is 21.2 Å². The number of rotatable bonds is 5. The van der Waals surface area contributed by atoms with Gasteiger partial charge in [-0.15, -0.1) is 11.3 Å². The van der Waals surface area contributed by atoms with E-state index >= 15 is 0 Å². The Morgan fingerprint density at radius 2 is 1.90 bits per heavy atom. The maximum absolute atomic E-state index is 13.1. The van der Waals surface area contributed by atoms with Crippen LogP contribution < -0.4 is 10.9 Å². The molecule has 0 saturated heterocycles. The number of aryl methyl sites for hydroxylation is 2. The largest absolute Gasteiger partial charge is 0.325 e. The fourth-order valence-electron chi connectivity index (χ4n) is 3.50. The molecule has 0 aliphatic heterocycles. The molecule has 0 atom stereocenters. The summed E-state index contributed by atoms with van der Waals surface area (Å²) < 4.78 is 1.69. The number of carbonyl (C=O) groups excluding carboxylic acids is 1. The predicted molar refractivity (Wildman–Crippen MR) is 127 cm³/mol. The smallest absolute Gasteiger partial charge is 0.263 e. The van der Waals surface area contributed by atoms with Gasteiger partial charge in [-0.1, -0.05) is 48.2 Å². The molecule has 1 amide bonds. The first-order valence-corrected chi connectivity index (χ1v) is 11.6. The van der Waals surface area contributed by atoms with E-state index in [0.717, 1.165) is 31.7 Å². The molecule has 5 nitrogen and oxygen atoms in total. The van der Waals surface area contributed by atoms with E-state index in [1.165, 1.54) is 23.1 Å². The summed E-state index contributed by atoms with van der Waals surface area (Å²) in [5.74, 6) is 0.0524. The number of hydrogen-bond donors (Lipinski definition) is 1. The van der Waals surface area contributed by atoms with Crippen LogP contribution in [0.3, 0.4) is 0 Å². The molecule has 0 aliphatic rings. The van der Waals surface area contributed by atoms with Gasteiger partial charge in [0.25, 0.3) is 5.56 Å². The SMILES string of the molecule is Cc1sc2nc(SCC(=O)Nc3cccc4ccccc34)n(C(C)C)c(=O)c2c1C. The Morgan fingerprint density at radius 1 is 1.17 bits per heavy atom. The van der Waals surface area contributed by atoms with Crippen molar-refractivity contribution in [2.24, 2.45) is 0 Å². The second kappa shape index (κ2) is 8.24. The van der Waals surface area contributed by atoms with E-state index in [1.54, 1.807) is 4.57 Å². The van der Waals surface area contributed by atoms with Gasteiger partial charge in [0.15, 0.2) is 5.16 Å². The second-order valence-corrected chi connectivity index (χ2v) is 9.64. The van der Waals surface area contributed by atoms with Gasteiger partial charge in [0.2, 0.25) is 5.91 Å². The number of thiophene rings is 1. The normalized spacial score (nSPS) is 11.5. The summed E-state index contributed by atoms with van der Waals surface area (Å²) in [6, 6.07) is 13.7. The number of thioether (sulfide) groups is 1. The quantitative estimate of drug-likeness (QED) is 0.329. The predicted octanol–water partition coefficient (Wildman–Crippen LogP) is 5.54. The number of nitrogens with zero attached hydrogens (tertiary/aromatic N) is 2. The molecule has 2 heterocycles. The van der Waals surface area contributed by atoms with Gasteiger partial charge in [-0.3, -0.25) is 14.2 Å². The van der Waals surface area contributed by atoms with Crippen molar-refractivity contribution in [1.82, 2.24) is 9.55 Å². The van der Waals surface area contributed by atoms with Crippen molar-refractivity contribution in [2.75, 3.05) is 11.1 Å². The fraction of sp³-hybridized carbons (Fsp3) is 0.261. The van der Waals surface area contributed by atoms with Crippen LogP contribution in [-0.2, 0) is 4.79 Å². The second-order valence-electron chi connectivity index (χ2n) is 7.49. The Hall–Kier alpha value is -2.64. The van der Waals surface area contributed by atoms with Gasteiger partial charge >= 0.3 is 0 Å². The number of benzene rings is 2. The maximum atomic E-state index is 13.1. The molecule has 4 rings (SSSR count). The highest BCUT2D eigenvalue weighted by molar-refractivity contribution is 7.99. The van der Waals surface area contributed by atoms with Crippen molar-refractivity contribution in [3.63, 3.8) is 0 Å². The van der Waals surface area contributed by atoms with Crippen LogP contribution in [0.1, 0.15) is 30.3 Å². The molecule has 0 bridgehead atoms. The fourth-order valence-corrected chi connectivity index (χ4v) is 5.49. The van der Waals surface area contributed by atoms with Crippen molar-refractivity contribution < 1.29 is 4.79 Å². The van der Waals surface area contributed by atoms with E-state index in [9.17, 15) is 9.59 Å². The van der Waals surface area contributed by atoms with Crippen molar-refractivity contribution in [3.05, 3.63) is 63.3 Å². The number of anilines is 1. The van der Waals surface area contributed by atoms with E-state index in [-0.39, 0.29) is 23.3 Å². The van der Waals surface area contributed by atoms with Crippen LogP contribution in [0.15, 0.2) is 52.4 Å². The molecule has 2 aromatic heterocycles. The van der Waals surface area contributed by atoms with Crippen LogP contribution in [0.2, 0.25) is 0 Å². The van der Waals surface area contributed by atoms with Crippen LogP contribution in [0.5, 0.6) is 0 Å². The molecule has 30 heavy (non-hydrogen) atoms. The Labute approximate surface area is 183 Å². The summed E-state index contributed by atoms with van der Waals surface area (Å²) in [5.41, 5.74) is 1.74. The number of amides is 1. The summed E-state index contributed by atoms with van der Waals surface area (Å²) in [6.45, 7) is 7.89. The molecule has 0 fully saturated rings. The number of fused-ring (bicyclic) bond motifs is 2. The highest BCUT2D eigenvalue weighted by atomic mass is 32.2. The monoisotopic (exact) mass is 437 g/mol. The molecular weight excluding hydrogens is 414 g/mol. The first-order valence-electron chi connectivity index (χ1n) is 9.79. The van der Waals surface area contributed by atoms with Crippen molar-refractivity contribution in [2.45, 2.75) is 38.9 Å². The molecule has 154 valence electrons. The lowest BCUT2D eigenvalue weighted by Crippen LogP contribution is -2.25. The minimum absolute atomic E-state index is 0.0335. The Balaban J connectivity index is 1.60. The van der Waals surface area contributed by atoms with E-state index in [2.05, 4.69) is 5.32 Å². The molecule has 7 heteroatoms.